The highest BCUT2D eigenvalue weighted by atomic mass is 19.4. The third-order valence-corrected chi connectivity index (χ3v) is 6.10. The number of amides is 1. The largest absolute Gasteiger partial charge is 0.458 e. The summed E-state index contributed by atoms with van der Waals surface area (Å²) in [5, 5.41) is 8.74. The van der Waals surface area contributed by atoms with Crippen molar-refractivity contribution in [3.05, 3.63) is 71.7 Å². The van der Waals surface area contributed by atoms with Crippen LogP contribution >= 0.6 is 0 Å². The second-order valence-corrected chi connectivity index (χ2v) is 8.96. The number of alkyl halides is 5. The maximum Gasteiger partial charge on any atom is 0.458 e. The van der Waals surface area contributed by atoms with Crippen molar-refractivity contribution >= 4 is 23.4 Å². The van der Waals surface area contributed by atoms with Gasteiger partial charge in [-0.15, -0.1) is 0 Å². The average molecular weight is 566 g/mol. The van der Waals surface area contributed by atoms with Crippen LogP contribution in [0.3, 0.4) is 0 Å². The van der Waals surface area contributed by atoms with Crippen LogP contribution in [0.25, 0.3) is 0 Å². The number of nitrogens with one attached hydrogen (secondary N) is 3. The first-order valence-electron chi connectivity index (χ1n) is 12.5. The SMILES string of the molecule is O=C(Nc1ccc(C(F)(F)C(F)(F)F)cc1)c1cccnc1NCc1ccnc(NCCCN2CCOCC2)n1. The predicted molar refractivity (Wildman–Crippen MR) is 138 cm³/mol. The lowest BCUT2D eigenvalue weighted by Gasteiger charge is -2.26. The molecule has 0 unspecified atom stereocenters. The highest BCUT2D eigenvalue weighted by Crippen LogP contribution is 2.43. The molecule has 9 nitrogen and oxygen atoms in total. The molecule has 0 saturated carbocycles. The Morgan fingerprint density at radius 1 is 0.950 bits per heavy atom. The number of hydrogen-bond donors (Lipinski definition) is 3. The number of carbonyl (C=O) groups excluding carboxylic acids is 1. The number of anilines is 3. The standard InChI is InChI=1S/C26H28F5N7O2/c27-25(28,26(29,30)31)18-4-6-19(7-5-18)36-23(39)21-3-1-9-32-22(21)35-17-20-8-11-34-24(37-20)33-10-2-12-38-13-15-40-16-14-38/h1,3-9,11H,2,10,12-17H2,(H,32,35)(H,36,39)(H,33,34,37). The topological polar surface area (TPSA) is 104 Å². The molecule has 1 amide bonds. The molecule has 3 N–H and O–H groups in total. The van der Waals surface area contributed by atoms with Crippen LogP contribution in [0.5, 0.6) is 0 Å². The molecular weight excluding hydrogens is 537 g/mol. The zero-order valence-electron chi connectivity index (χ0n) is 21.3. The first-order valence-corrected chi connectivity index (χ1v) is 12.5. The second kappa shape index (κ2) is 13.0. The maximum atomic E-state index is 13.5. The molecule has 1 saturated heterocycles. The highest BCUT2D eigenvalue weighted by Gasteiger charge is 2.58. The molecule has 0 bridgehead atoms. The van der Waals surface area contributed by atoms with Gasteiger partial charge in [0.15, 0.2) is 0 Å². The molecule has 3 aromatic rings. The lowest BCUT2D eigenvalue weighted by molar-refractivity contribution is -0.289. The van der Waals surface area contributed by atoms with E-state index in [1.807, 2.05) is 0 Å². The Kier molecular flexibility index (Phi) is 9.42. The Labute approximate surface area is 227 Å². The van der Waals surface area contributed by atoms with E-state index in [0.29, 0.717) is 30.3 Å². The van der Waals surface area contributed by atoms with Crippen LogP contribution in [0.2, 0.25) is 0 Å². The van der Waals surface area contributed by atoms with Gasteiger partial charge in [0.25, 0.3) is 5.91 Å². The van der Waals surface area contributed by atoms with Crippen LogP contribution in [0, 0.1) is 0 Å². The summed E-state index contributed by atoms with van der Waals surface area (Å²) in [7, 11) is 0. The number of ether oxygens (including phenoxy) is 1. The molecule has 214 valence electrons. The van der Waals surface area contributed by atoms with Gasteiger partial charge in [-0.05, 0) is 43.3 Å². The van der Waals surface area contributed by atoms with Gasteiger partial charge in [0.05, 0.1) is 31.0 Å². The number of hydrogen-bond acceptors (Lipinski definition) is 8. The average Bonchev–Trinajstić information content (AvgIpc) is 2.95. The molecular formula is C26H28F5N7O2. The van der Waals surface area contributed by atoms with Crippen molar-refractivity contribution in [2.45, 2.75) is 25.1 Å². The summed E-state index contributed by atoms with van der Waals surface area (Å²) in [6.45, 7) is 5.25. The van der Waals surface area contributed by atoms with Gasteiger partial charge in [-0.1, -0.05) is 12.1 Å². The maximum absolute atomic E-state index is 13.5. The Morgan fingerprint density at radius 2 is 1.70 bits per heavy atom. The van der Waals surface area contributed by atoms with E-state index in [-0.39, 0.29) is 23.6 Å². The normalized spacial score (nSPS) is 14.5. The number of rotatable bonds is 11. The fraction of sp³-hybridized carbons (Fsp3) is 0.385. The Morgan fingerprint density at radius 3 is 2.42 bits per heavy atom. The molecule has 1 fully saturated rings. The molecule has 14 heteroatoms. The Hall–Kier alpha value is -3.91. The first kappa shape index (κ1) is 29.1. The first-order chi connectivity index (χ1) is 19.1. The van der Waals surface area contributed by atoms with Crippen LogP contribution in [0.15, 0.2) is 54.9 Å². The molecule has 40 heavy (non-hydrogen) atoms. The van der Waals surface area contributed by atoms with Crippen LogP contribution in [0.1, 0.15) is 28.0 Å². The van der Waals surface area contributed by atoms with Crippen LogP contribution in [0.4, 0.5) is 39.4 Å². The summed E-state index contributed by atoms with van der Waals surface area (Å²) in [4.78, 5) is 28.1. The van der Waals surface area contributed by atoms with E-state index in [1.54, 1.807) is 12.3 Å². The van der Waals surface area contributed by atoms with Crippen LogP contribution < -0.4 is 16.0 Å². The van der Waals surface area contributed by atoms with E-state index in [1.165, 1.54) is 18.3 Å². The summed E-state index contributed by atoms with van der Waals surface area (Å²) in [6, 6.07) is 7.95. The highest BCUT2D eigenvalue weighted by molar-refractivity contribution is 6.07. The number of morpholine rings is 1. The van der Waals surface area contributed by atoms with Crippen molar-refractivity contribution in [1.29, 1.82) is 0 Å². The number of pyridine rings is 1. The second-order valence-electron chi connectivity index (χ2n) is 8.96. The Bertz CT molecular complexity index is 1270. The smallest absolute Gasteiger partial charge is 0.379 e. The van der Waals surface area contributed by atoms with E-state index in [0.717, 1.165) is 51.4 Å². The van der Waals surface area contributed by atoms with Gasteiger partial charge in [-0.3, -0.25) is 9.69 Å². The molecule has 0 atom stereocenters. The van der Waals surface area contributed by atoms with Gasteiger partial charge >= 0.3 is 12.1 Å². The third-order valence-electron chi connectivity index (χ3n) is 6.10. The molecule has 0 aliphatic carbocycles. The van der Waals surface area contributed by atoms with Gasteiger partial charge in [0.1, 0.15) is 5.82 Å². The van der Waals surface area contributed by atoms with Gasteiger partial charge in [-0.25, -0.2) is 15.0 Å². The minimum absolute atomic E-state index is 0.0432. The molecule has 1 aliphatic heterocycles. The van der Waals surface area contributed by atoms with Crippen LogP contribution in [-0.4, -0.2) is 71.3 Å². The molecule has 3 heterocycles. The van der Waals surface area contributed by atoms with Gasteiger partial charge < -0.3 is 20.7 Å². The van der Waals surface area contributed by atoms with E-state index in [9.17, 15) is 26.7 Å². The lowest BCUT2D eigenvalue weighted by Crippen LogP contribution is -2.37. The molecule has 2 aromatic heterocycles. The van der Waals surface area contributed by atoms with Gasteiger partial charge in [0, 0.05) is 43.3 Å². The fourth-order valence-electron chi connectivity index (χ4n) is 3.94. The predicted octanol–water partition coefficient (Wildman–Crippen LogP) is 4.52. The number of halogens is 5. The number of aromatic nitrogens is 3. The summed E-state index contributed by atoms with van der Waals surface area (Å²) in [5.74, 6) is -4.93. The molecule has 1 aromatic carbocycles. The minimum atomic E-state index is -5.72. The molecule has 4 rings (SSSR count). The Balaban J connectivity index is 1.32. The summed E-state index contributed by atoms with van der Waals surface area (Å²) in [6.07, 6.45) is -1.70. The van der Waals surface area contributed by atoms with Crippen molar-refractivity contribution in [1.82, 2.24) is 19.9 Å². The summed E-state index contributed by atoms with van der Waals surface area (Å²) in [5.41, 5.74) is -0.397. The summed E-state index contributed by atoms with van der Waals surface area (Å²) < 4.78 is 70.2. The third kappa shape index (κ3) is 7.60. The van der Waals surface area contributed by atoms with Crippen molar-refractivity contribution in [2.24, 2.45) is 0 Å². The lowest BCUT2D eigenvalue weighted by atomic mass is 10.1. The fourth-order valence-corrected chi connectivity index (χ4v) is 3.94. The molecule has 1 aliphatic rings. The van der Waals surface area contributed by atoms with Crippen molar-refractivity contribution < 1.29 is 31.5 Å². The van der Waals surface area contributed by atoms with Crippen molar-refractivity contribution in [3.8, 4) is 0 Å². The van der Waals surface area contributed by atoms with E-state index in [4.69, 9.17) is 4.74 Å². The summed E-state index contributed by atoms with van der Waals surface area (Å²) >= 11 is 0. The zero-order chi connectivity index (χ0) is 28.6. The van der Waals surface area contributed by atoms with Gasteiger partial charge in [0.2, 0.25) is 5.95 Å². The van der Waals surface area contributed by atoms with E-state index >= 15 is 0 Å². The van der Waals surface area contributed by atoms with Crippen molar-refractivity contribution in [2.75, 3.05) is 55.3 Å². The molecule has 0 radical (unpaired) electrons. The minimum Gasteiger partial charge on any atom is -0.379 e. The van der Waals surface area contributed by atoms with Crippen LogP contribution in [-0.2, 0) is 17.2 Å². The van der Waals surface area contributed by atoms with E-state index < -0.39 is 23.6 Å². The van der Waals surface area contributed by atoms with E-state index in [2.05, 4.69) is 35.8 Å². The van der Waals surface area contributed by atoms with Gasteiger partial charge in [-0.2, -0.15) is 22.0 Å². The number of nitrogens with zero attached hydrogens (tertiary/aromatic N) is 4. The zero-order valence-corrected chi connectivity index (χ0v) is 21.3. The molecule has 0 spiro atoms. The quantitative estimate of drug-likeness (QED) is 0.230. The monoisotopic (exact) mass is 565 g/mol. The number of benzene rings is 1. The number of carbonyl (C=O) groups is 1. The van der Waals surface area contributed by atoms with Crippen molar-refractivity contribution in [3.63, 3.8) is 0 Å².